The number of benzene rings is 2. The van der Waals surface area contributed by atoms with Crippen molar-refractivity contribution >= 4 is 18.0 Å². The van der Waals surface area contributed by atoms with Gasteiger partial charge < -0.3 is 19.5 Å². The third-order valence-electron chi connectivity index (χ3n) is 7.13. The first-order chi connectivity index (χ1) is 18.4. The van der Waals surface area contributed by atoms with E-state index in [2.05, 4.69) is 10.6 Å². The summed E-state index contributed by atoms with van der Waals surface area (Å²) in [7, 11) is 0. The Morgan fingerprint density at radius 2 is 1.71 bits per heavy atom. The summed E-state index contributed by atoms with van der Waals surface area (Å²) in [5, 5.41) is 6.11. The summed E-state index contributed by atoms with van der Waals surface area (Å²) in [5.41, 5.74) is 0.903. The largest absolute Gasteiger partial charge is 0.460 e. The van der Waals surface area contributed by atoms with E-state index in [1.165, 1.54) is 4.90 Å². The first-order valence-electron chi connectivity index (χ1n) is 13.3. The molecule has 204 valence electrons. The zero-order chi connectivity index (χ0) is 27.0. The van der Waals surface area contributed by atoms with Crippen molar-refractivity contribution in [1.82, 2.24) is 15.5 Å². The molecule has 0 aliphatic carbocycles. The fourth-order valence-electron chi connectivity index (χ4n) is 4.83. The van der Waals surface area contributed by atoms with Crippen LogP contribution in [-0.2, 0) is 37.0 Å². The number of unbranched alkanes of at least 4 members (excludes halogenated alkanes) is 1. The third-order valence-corrected chi connectivity index (χ3v) is 7.13. The molecule has 2 aliphatic heterocycles. The number of amides is 2. The molecule has 2 amide bonds. The fraction of sp³-hybridized carbons (Fsp3) is 0.483. The Morgan fingerprint density at radius 1 is 1.05 bits per heavy atom. The highest BCUT2D eigenvalue weighted by atomic mass is 16.6. The predicted octanol–water partition coefficient (Wildman–Crippen LogP) is 3.17. The van der Waals surface area contributed by atoms with E-state index < -0.39 is 29.7 Å². The molecule has 2 N–H and O–H groups in total. The van der Waals surface area contributed by atoms with Gasteiger partial charge in [0.2, 0.25) is 5.91 Å². The summed E-state index contributed by atoms with van der Waals surface area (Å²) in [6.07, 6.45) is 0.989. The van der Waals surface area contributed by atoms with E-state index in [0.29, 0.717) is 26.2 Å². The summed E-state index contributed by atoms with van der Waals surface area (Å²) in [6, 6.07) is 18.1. The minimum absolute atomic E-state index is 0.135. The molecule has 4 atom stereocenters. The van der Waals surface area contributed by atoms with Crippen LogP contribution in [0.1, 0.15) is 44.2 Å². The lowest BCUT2D eigenvalue weighted by atomic mass is 9.87. The van der Waals surface area contributed by atoms with E-state index in [1.807, 2.05) is 74.5 Å². The van der Waals surface area contributed by atoms with Crippen molar-refractivity contribution in [2.24, 2.45) is 0 Å². The summed E-state index contributed by atoms with van der Waals surface area (Å²) >= 11 is 0. The van der Waals surface area contributed by atoms with Crippen LogP contribution in [-0.4, -0.2) is 66.3 Å². The third kappa shape index (κ3) is 6.52. The van der Waals surface area contributed by atoms with Crippen molar-refractivity contribution in [1.29, 1.82) is 0 Å². The number of hydrogen-bond donors (Lipinski definition) is 2. The quantitative estimate of drug-likeness (QED) is 0.250. The van der Waals surface area contributed by atoms with Gasteiger partial charge in [-0.1, -0.05) is 74.0 Å². The molecule has 0 bridgehead atoms. The van der Waals surface area contributed by atoms with Crippen LogP contribution in [0, 0.1) is 0 Å². The monoisotopic (exact) mass is 523 g/mol. The number of nitrogens with one attached hydrogen (secondary N) is 2. The van der Waals surface area contributed by atoms with Gasteiger partial charge in [0, 0.05) is 12.6 Å². The number of nitrogens with zero attached hydrogens (tertiary/aromatic N) is 1. The molecule has 4 rings (SSSR count). The molecule has 2 aromatic carbocycles. The zero-order valence-corrected chi connectivity index (χ0v) is 22.1. The van der Waals surface area contributed by atoms with E-state index >= 15 is 0 Å². The second-order valence-electron chi connectivity index (χ2n) is 9.93. The lowest BCUT2D eigenvalue weighted by molar-refractivity contribution is -0.152. The molecule has 2 heterocycles. The minimum Gasteiger partial charge on any atom is -0.460 e. The number of likely N-dealkylation sites (tertiary alicyclic amines) is 1. The normalized spacial score (nSPS) is 21.9. The van der Waals surface area contributed by atoms with Crippen LogP contribution < -0.4 is 10.6 Å². The Kier molecular flexibility index (Phi) is 9.36. The lowest BCUT2D eigenvalue weighted by Crippen LogP contribution is -2.71. The van der Waals surface area contributed by atoms with Crippen molar-refractivity contribution in [3.8, 4) is 0 Å². The number of hydrogen-bond acceptors (Lipinski definition) is 7. The maximum absolute atomic E-state index is 13.3. The highest BCUT2D eigenvalue weighted by molar-refractivity contribution is 5.96. The number of carbonyl (C=O) groups excluding carboxylic acids is 3. The topological polar surface area (TPSA) is 106 Å². The molecule has 0 aromatic heterocycles. The highest BCUT2D eigenvalue weighted by Crippen LogP contribution is 2.35. The summed E-state index contributed by atoms with van der Waals surface area (Å²) in [4.78, 5) is 40.3. The number of rotatable bonds is 12. The van der Waals surface area contributed by atoms with Crippen molar-refractivity contribution < 1.29 is 28.6 Å². The molecule has 0 radical (unpaired) electrons. The van der Waals surface area contributed by atoms with E-state index in [9.17, 15) is 14.4 Å². The Morgan fingerprint density at radius 3 is 2.29 bits per heavy atom. The molecule has 2 aliphatic rings. The van der Waals surface area contributed by atoms with Gasteiger partial charge in [0.15, 0.2) is 0 Å². The zero-order valence-electron chi connectivity index (χ0n) is 22.1. The molecule has 9 heteroatoms. The number of esters is 1. The van der Waals surface area contributed by atoms with Gasteiger partial charge in [-0.05, 0) is 30.9 Å². The summed E-state index contributed by atoms with van der Waals surface area (Å²) in [5.74, 6) is -0.656. The Hall–Kier alpha value is -3.43. The smallest absolute Gasteiger partial charge is 0.410 e. The molecule has 38 heavy (non-hydrogen) atoms. The number of β-lactam (4-membered cyclic amide) rings is 1. The molecular formula is C29H37N3O6. The second kappa shape index (κ2) is 12.9. The van der Waals surface area contributed by atoms with Crippen LogP contribution >= 0.6 is 0 Å². The van der Waals surface area contributed by atoms with Gasteiger partial charge in [-0.2, -0.15) is 0 Å². The van der Waals surface area contributed by atoms with Crippen molar-refractivity contribution in [3.63, 3.8) is 0 Å². The van der Waals surface area contributed by atoms with Gasteiger partial charge in [-0.3, -0.25) is 19.8 Å². The average Bonchev–Trinajstić information content (AvgIpc) is 3.36. The fourth-order valence-corrected chi connectivity index (χ4v) is 4.83. The second-order valence-corrected chi connectivity index (χ2v) is 9.93. The van der Waals surface area contributed by atoms with E-state index in [0.717, 1.165) is 24.0 Å². The van der Waals surface area contributed by atoms with Crippen molar-refractivity contribution in [3.05, 3.63) is 71.8 Å². The summed E-state index contributed by atoms with van der Waals surface area (Å²) < 4.78 is 17.2. The number of ether oxygens (including phenoxy) is 3. The SMILES string of the molecule is CCCCOC(=O)N1CC(N[C@H](C(=O)OCc2ccccc2)[C@@H](C)OCc2ccccc2)CC12CNC2=O. The molecule has 2 unspecified atom stereocenters. The lowest BCUT2D eigenvalue weighted by Gasteiger charge is -2.43. The van der Waals surface area contributed by atoms with Crippen LogP contribution in [0.2, 0.25) is 0 Å². The average molecular weight is 524 g/mol. The molecular weight excluding hydrogens is 486 g/mol. The Labute approximate surface area is 223 Å². The molecule has 0 saturated carbocycles. The standard InChI is InChI=1S/C29H37N3O6/c1-3-4-15-36-28(35)32-17-24(16-29(32)20-30-27(29)34)31-25(21(2)37-18-22-11-7-5-8-12-22)26(33)38-19-23-13-9-6-10-14-23/h5-14,21,24-25,31H,3-4,15-20H2,1-2H3,(H,30,34)/t21-,24?,25+,29?/m1/s1. The molecule has 2 fully saturated rings. The van der Waals surface area contributed by atoms with E-state index in [-0.39, 0.29) is 25.1 Å². The van der Waals surface area contributed by atoms with Gasteiger partial charge >= 0.3 is 12.1 Å². The highest BCUT2D eigenvalue weighted by Gasteiger charge is 2.59. The molecule has 2 aromatic rings. The van der Waals surface area contributed by atoms with E-state index in [1.54, 1.807) is 0 Å². The summed E-state index contributed by atoms with van der Waals surface area (Å²) in [6.45, 7) is 5.21. The van der Waals surface area contributed by atoms with E-state index in [4.69, 9.17) is 14.2 Å². The maximum Gasteiger partial charge on any atom is 0.410 e. The van der Waals surface area contributed by atoms with Crippen LogP contribution in [0.15, 0.2) is 60.7 Å². The van der Waals surface area contributed by atoms with Crippen molar-refractivity contribution in [2.75, 3.05) is 19.7 Å². The number of carbonyl (C=O) groups is 3. The van der Waals surface area contributed by atoms with Crippen LogP contribution in [0.3, 0.4) is 0 Å². The first kappa shape index (κ1) is 27.6. The van der Waals surface area contributed by atoms with Gasteiger partial charge in [-0.25, -0.2) is 4.79 Å². The van der Waals surface area contributed by atoms with Crippen LogP contribution in [0.4, 0.5) is 4.79 Å². The van der Waals surface area contributed by atoms with Gasteiger partial charge in [0.1, 0.15) is 18.2 Å². The van der Waals surface area contributed by atoms with Crippen molar-refractivity contribution in [2.45, 2.75) is 70.1 Å². The minimum atomic E-state index is -0.965. The Bertz CT molecular complexity index is 1080. The molecule has 2 saturated heterocycles. The Balaban J connectivity index is 1.45. The van der Waals surface area contributed by atoms with Crippen LogP contribution in [0.5, 0.6) is 0 Å². The van der Waals surface area contributed by atoms with Gasteiger partial charge in [0.25, 0.3) is 0 Å². The van der Waals surface area contributed by atoms with Crippen LogP contribution in [0.25, 0.3) is 0 Å². The predicted molar refractivity (Wildman–Crippen MR) is 141 cm³/mol. The molecule has 1 spiro atoms. The maximum atomic E-state index is 13.3. The first-order valence-corrected chi connectivity index (χ1v) is 13.3. The van der Waals surface area contributed by atoms with Gasteiger partial charge in [0.05, 0.1) is 25.9 Å². The van der Waals surface area contributed by atoms with Gasteiger partial charge in [-0.15, -0.1) is 0 Å². The molecule has 9 nitrogen and oxygen atoms in total.